The second-order valence-corrected chi connectivity index (χ2v) is 17.7. The van der Waals surface area contributed by atoms with Crippen molar-refractivity contribution in [2.45, 2.75) is 126 Å². The van der Waals surface area contributed by atoms with Gasteiger partial charge < -0.3 is 19.7 Å². The molecular formula is C38H56O5. The molecule has 5 heteroatoms. The smallest absolute Gasteiger partial charge is 0.338 e. The molecule has 5 aliphatic carbocycles. The maximum Gasteiger partial charge on any atom is 0.338 e. The molecule has 0 aliphatic heterocycles. The Morgan fingerprint density at radius 2 is 1.47 bits per heavy atom. The quantitative estimate of drug-likeness (QED) is 0.208. The Morgan fingerprint density at radius 3 is 2.14 bits per heavy atom. The second kappa shape index (κ2) is 9.66. The molecule has 4 fully saturated rings. The lowest BCUT2D eigenvalue weighted by atomic mass is 9.34. The fourth-order valence-electron chi connectivity index (χ4n) is 12.1. The fourth-order valence-corrected chi connectivity index (χ4v) is 12.1. The molecule has 2 N–H and O–H groups in total. The molecule has 0 aromatic heterocycles. The van der Waals surface area contributed by atoms with E-state index in [9.17, 15) is 15.0 Å². The highest BCUT2D eigenvalue weighted by molar-refractivity contribution is 5.91. The summed E-state index contributed by atoms with van der Waals surface area (Å²) in [4.78, 5) is 13.4. The van der Waals surface area contributed by atoms with E-state index in [0.717, 1.165) is 25.2 Å². The van der Waals surface area contributed by atoms with Crippen LogP contribution in [0.25, 0.3) is 0 Å². The predicted octanol–water partition coefficient (Wildman–Crippen LogP) is 9.45. The van der Waals surface area contributed by atoms with Crippen LogP contribution in [0.5, 0.6) is 17.2 Å². The van der Waals surface area contributed by atoms with Crippen LogP contribution in [0.2, 0.25) is 0 Å². The molecule has 0 radical (unpaired) electrons. The lowest BCUT2D eigenvalue weighted by Gasteiger charge is -2.70. The summed E-state index contributed by atoms with van der Waals surface area (Å²) in [7, 11) is 1.40. The van der Waals surface area contributed by atoms with E-state index in [4.69, 9.17) is 9.47 Å². The standard InChI is InChI=1S/C38H56O5/c1-33(2)18-19-35(5)14-10-27-37(7)15-11-26-34(3,4)30(43-32(41)23-20-24(39)31(40)25(21-23)42-9)13-17-36(26,6)28(37)12-16-38(27,8)29(35)22-33/h10,20-21,26,28-30,39-40H,11-19,22H2,1-9H3/t26-,28+,29+,30-,35-,36-,37-,38+/m0/s1. The predicted molar refractivity (Wildman–Crippen MR) is 170 cm³/mol. The Bertz CT molecular complexity index is 1340. The molecular weight excluding hydrogens is 536 g/mol. The highest BCUT2D eigenvalue weighted by atomic mass is 16.5. The molecule has 1 aromatic rings. The summed E-state index contributed by atoms with van der Waals surface area (Å²) < 4.78 is 11.4. The van der Waals surface area contributed by atoms with Crippen molar-refractivity contribution >= 4 is 5.97 Å². The van der Waals surface area contributed by atoms with Crippen LogP contribution in [0.15, 0.2) is 23.8 Å². The van der Waals surface area contributed by atoms with Crippen LogP contribution in [0.4, 0.5) is 0 Å². The van der Waals surface area contributed by atoms with E-state index < -0.39 is 5.97 Å². The molecule has 5 aliphatic rings. The number of methoxy groups -OCH3 is 1. The van der Waals surface area contributed by atoms with Gasteiger partial charge in [0.2, 0.25) is 5.75 Å². The van der Waals surface area contributed by atoms with E-state index >= 15 is 0 Å². The summed E-state index contributed by atoms with van der Waals surface area (Å²) in [6.07, 6.45) is 14.7. The SMILES string of the molecule is COc1cc(C(=O)O[C@H]2CC[C@]3(C)[C@H]4CC[C@]5(C)C(=CC[C@@]6(C)CCC(C)(C)C[C@H]65)[C@]4(C)CC[C@H]3C2(C)C)cc(O)c1O. The number of benzene rings is 1. The zero-order valence-electron chi connectivity index (χ0n) is 28.2. The number of rotatable bonds is 3. The molecule has 0 spiro atoms. The van der Waals surface area contributed by atoms with Crippen LogP contribution in [-0.2, 0) is 4.74 Å². The number of hydrogen-bond acceptors (Lipinski definition) is 5. The zero-order chi connectivity index (χ0) is 31.4. The average Bonchev–Trinajstić information content (AvgIpc) is 2.92. The van der Waals surface area contributed by atoms with Crippen LogP contribution in [-0.4, -0.2) is 29.4 Å². The van der Waals surface area contributed by atoms with Gasteiger partial charge in [0.1, 0.15) is 6.10 Å². The molecule has 0 bridgehead atoms. The largest absolute Gasteiger partial charge is 0.504 e. The van der Waals surface area contributed by atoms with Gasteiger partial charge in [-0.3, -0.25) is 0 Å². The van der Waals surface area contributed by atoms with Crippen molar-refractivity contribution in [1.29, 1.82) is 0 Å². The Hall–Kier alpha value is -2.17. The van der Waals surface area contributed by atoms with Crippen LogP contribution < -0.4 is 4.74 Å². The Labute approximate surface area is 259 Å². The third kappa shape index (κ3) is 4.40. The molecule has 0 saturated heterocycles. The van der Waals surface area contributed by atoms with Gasteiger partial charge in [-0.25, -0.2) is 4.79 Å². The highest BCUT2D eigenvalue weighted by Crippen LogP contribution is 2.75. The van der Waals surface area contributed by atoms with Gasteiger partial charge in [0.15, 0.2) is 11.5 Å². The molecule has 4 saturated carbocycles. The summed E-state index contributed by atoms with van der Waals surface area (Å²) in [6, 6.07) is 2.71. The van der Waals surface area contributed by atoms with E-state index in [-0.39, 0.29) is 50.6 Å². The number of carbonyl (C=O) groups excluding carboxylic acids is 1. The van der Waals surface area contributed by atoms with E-state index in [2.05, 4.69) is 61.5 Å². The Balaban J connectivity index is 1.27. The van der Waals surface area contributed by atoms with Crippen molar-refractivity contribution in [3.63, 3.8) is 0 Å². The number of aromatic hydroxyl groups is 2. The lowest BCUT2D eigenvalue weighted by molar-refractivity contribution is -0.184. The van der Waals surface area contributed by atoms with Crippen molar-refractivity contribution < 1.29 is 24.5 Å². The first kappa shape index (κ1) is 30.8. The van der Waals surface area contributed by atoms with Crippen LogP contribution >= 0.6 is 0 Å². The van der Waals surface area contributed by atoms with Crippen molar-refractivity contribution in [3.05, 3.63) is 29.3 Å². The summed E-state index contributed by atoms with van der Waals surface area (Å²) >= 11 is 0. The number of hydrogen-bond donors (Lipinski definition) is 2. The Kier molecular flexibility index (Phi) is 6.93. The van der Waals surface area contributed by atoms with Gasteiger partial charge in [0.25, 0.3) is 0 Å². The first-order valence-corrected chi connectivity index (χ1v) is 16.9. The van der Waals surface area contributed by atoms with Crippen molar-refractivity contribution in [2.24, 2.45) is 50.2 Å². The van der Waals surface area contributed by atoms with Gasteiger partial charge >= 0.3 is 5.97 Å². The number of phenols is 2. The van der Waals surface area contributed by atoms with Crippen molar-refractivity contribution in [1.82, 2.24) is 0 Å². The first-order valence-electron chi connectivity index (χ1n) is 16.9. The first-order chi connectivity index (χ1) is 19.9. The third-order valence-electron chi connectivity index (χ3n) is 14.4. The zero-order valence-corrected chi connectivity index (χ0v) is 28.2. The van der Waals surface area contributed by atoms with Crippen LogP contribution in [0.1, 0.15) is 130 Å². The lowest BCUT2D eigenvalue weighted by Crippen LogP contribution is -2.63. The summed E-state index contributed by atoms with van der Waals surface area (Å²) in [5, 5.41) is 20.2. The molecule has 0 amide bonds. The van der Waals surface area contributed by atoms with Crippen molar-refractivity contribution in [3.8, 4) is 17.2 Å². The molecule has 8 atom stereocenters. The number of phenolic OH excluding ortho intramolecular Hbond substituents is 2. The minimum absolute atomic E-state index is 0.0624. The van der Waals surface area contributed by atoms with E-state index in [1.54, 1.807) is 5.57 Å². The topological polar surface area (TPSA) is 76.0 Å². The van der Waals surface area contributed by atoms with Gasteiger partial charge in [-0.05, 0) is 121 Å². The number of esters is 1. The van der Waals surface area contributed by atoms with Gasteiger partial charge in [-0.2, -0.15) is 0 Å². The number of fused-ring (bicyclic) bond motifs is 7. The monoisotopic (exact) mass is 592 g/mol. The maximum atomic E-state index is 13.4. The third-order valence-corrected chi connectivity index (χ3v) is 14.4. The number of allylic oxidation sites excluding steroid dienone is 2. The molecule has 6 rings (SSSR count). The molecule has 43 heavy (non-hydrogen) atoms. The van der Waals surface area contributed by atoms with Gasteiger partial charge in [-0.1, -0.05) is 67.0 Å². The van der Waals surface area contributed by atoms with Gasteiger partial charge in [0.05, 0.1) is 12.7 Å². The van der Waals surface area contributed by atoms with Crippen molar-refractivity contribution in [2.75, 3.05) is 7.11 Å². The average molecular weight is 593 g/mol. The minimum atomic E-state index is -0.477. The van der Waals surface area contributed by atoms with E-state index in [0.29, 0.717) is 22.7 Å². The number of ether oxygens (including phenoxy) is 2. The van der Waals surface area contributed by atoms with E-state index in [1.165, 1.54) is 64.2 Å². The van der Waals surface area contributed by atoms with Gasteiger partial charge in [-0.15, -0.1) is 0 Å². The Morgan fingerprint density at radius 1 is 0.814 bits per heavy atom. The highest BCUT2D eigenvalue weighted by Gasteiger charge is 2.67. The summed E-state index contributed by atoms with van der Waals surface area (Å²) in [5.74, 6) is 0.686. The van der Waals surface area contributed by atoms with Gasteiger partial charge in [0, 0.05) is 5.41 Å². The molecule has 1 aromatic carbocycles. The fraction of sp³-hybridized carbons (Fsp3) is 0.763. The number of carbonyl (C=O) groups is 1. The van der Waals surface area contributed by atoms with Crippen LogP contribution in [0.3, 0.4) is 0 Å². The molecule has 0 heterocycles. The summed E-state index contributed by atoms with van der Waals surface area (Å²) in [5.41, 5.74) is 3.37. The second-order valence-electron chi connectivity index (χ2n) is 17.7. The van der Waals surface area contributed by atoms with Crippen LogP contribution in [0, 0.1) is 50.2 Å². The maximum absolute atomic E-state index is 13.4. The minimum Gasteiger partial charge on any atom is -0.504 e. The normalized spacial score (nSPS) is 42.8. The summed E-state index contributed by atoms with van der Waals surface area (Å²) in [6.45, 7) is 20.1. The molecule has 5 nitrogen and oxygen atoms in total. The van der Waals surface area contributed by atoms with E-state index in [1.807, 2.05) is 0 Å². The molecule has 238 valence electrons. The molecule has 0 unspecified atom stereocenters.